The van der Waals surface area contributed by atoms with Gasteiger partial charge in [-0.25, -0.2) is 9.37 Å². The third-order valence-corrected chi connectivity index (χ3v) is 5.98. The maximum Gasteiger partial charge on any atom is 0.187 e. The van der Waals surface area contributed by atoms with E-state index >= 15 is 0 Å². The Morgan fingerprint density at radius 1 is 1.23 bits per heavy atom. The highest BCUT2D eigenvalue weighted by molar-refractivity contribution is 5.82. The molecule has 7 nitrogen and oxygen atoms in total. The van der Waals surface area contributed by atoms with Gasteiger partial charge in [0.1, 0.15) is 5.69 Å². The zero-order chi connectivity index (χ0) is 21.5. The fourth-order valence-electron chi connectivity index (χ4n) is 4.22. The molecule has 4 heterocycles. The molecule has 0 saturated carbocycles. The zero-order valence-corrected chi connectivity index (χ0v) is 17.6. The molecule has 0 spiro atoms. The highest BCUT2D eigenvalue weighted by atomic mass is 19.1. The number of ether oxygens (including phenoxy) is 1. The van der Waals surface area contributed by atoms with Gasteiger partial charge in [0.05, 0.1) is 12.1 Å². The fourth-order valence-corrected chi connectivity index (χ4v) is 4.22. The van der Waals surface area contributed by atoms with Crippen LogP contribution >= 0.6 is 0 Å². The monoisotopic (exact) mass is 420 g/mol. The van der Waals surface area contributed by atoms with Crippen molar-refractivity contribution in [3.8, 4) is 17.3 Å². The molecular formula is C23H25FN6O. The summed E-state index contributed by atoms with van der Waals surface area (Å²) in [5.41, 5.74) is 9.33. The number of hydrogen-bond acceptors (Lipinski definition) is 6. The highest BCUT2D eigenvalue weighted by Crippen LogP contribution is 2.28. The number of halogens is 1. The average Bonchev–Trinajstić information content (AvgIpc) is 3.39. The minimum absolute atomic E-state index is 0.200. The molecule has 0 amide bonds. The van der Waals surface area contributed by atoms with Gasteiger partial charge in [-0.3, -0.25) is 9.30 Å². The number of rotatable bonds is 5. The molecular weight excluding hydrogens is 395 g/mol. The summed E-state index contributed by atoms with van der Waals surface area (Å²) in [6.45, 7) is 6.31. The summed E-state index contributed by atoms with van der Waals surface area (Å²) >= 11 is 0. The summed E-state index contributed by atoms with van der Waals surface area (Å²) in [5, 5.41) is 9.38. The molecule has 1 saturated heterocycles. The van der Waals surface area contributed by atoms with E-state index in [9.17, 15) is 4.39 Å². The van der Waals surface area contributed by atoms with Gasteiger partial charge in [-0.15, -0.1) is 10.2 Å². The van der Waals surface area contributed by atoms with Gasteiger partial charge >= 0.3 is 0 Å². The molecule has 2 atom stereocenters. The lowest BCUT2D eigenvalue weighted by Gasteiger charge is -2.24. The van der Waals surface area contributed by atoms with Crippen LogP contribution in [-0.2, 0) is 0 Å². The van der Waals surface area contributed by atoms with Crippen molar-refractivity contribution in [3.05, 3.63) is 54.0 Å². The second-order valence-corrected chi connectivity index (χ2v) is 8.04. The minimum Gasteiger partial charge on any atom is -0.491 e. The molecule has 160 valence electrons. The summed E-state index contributed by atoms with van der Waals surface area (Å²) in [5.74, 6) is 0.453. The largest absolute Gasteiger partial charge is 0.491 e. The van der Waals surface area contributed by atoms with Crippen molar-refractivity contribution < 1.29 is 9.13 Å². The van der Waals surface area contributed by atoms with Crippen molar-refractivity contribution in [2.24, 2.45) is 5.73 Å². The van der Waals surface area contributed by atoms with E-state index in [2.05, 4.69) is 34.3 Å². The maximum atomic E-state index is 14.2. The Morgan fingerprint density at radius 2 is 2.10 bits per heavy atom. The van der Waals surface area contributed by atoms with Gasteiger partial charge in [0.2, 0.25) is 0 Å². The number of nitrogens with two attached hydrogens (primary N) is 1. The first-order chi connectivity index (χ1) is 15.0. The molecule has 3 aromatic heterocycles. The molecule has 0 bridgehead atoms. The van der Waals surface area contributed by atoms with Gasteiger partial charge in [0, 0.05) is 42.8 Å². The van der Waals surface area contributed by atoms with Gasteiger partial charge in [-0.1, -0.05) is 12.1 Å². The first kappa shape index (κ1) is 19.8. The predicted molar refractivity (Wildman–Crippen MR) is 117 cm³/mol. The molecule has 4 aromatic rings. The van der Waals surface area contributed by atoms with Crippen LogP contribution in [0.4, 0.5) is 4.39 Å². The van der Waals surface area contributed by atoms with Crippen molar-refractivity contribution in [3.63, 3.8) is 0 Å². The lowest BCUT2D eigenvalue weighted by molar-refractivity contribution is 0.259. The Morgan fingerprint density at radius 3 is 2.87 bits per heavy atom. The van der Waals surface area contributed by atoms with Crippen LogP contribution in [0.3, 0.4) is 0 Å². The van der Waals surface area contributed by atoms with Crippen molar-refractivity contribution in [2.75, 3.05) is 19.7 Å². The van der Waals surface area contributed by atoms with Gasteiger partial charge < -0.3 is 10.5 Å². The molecule has 1 fully saturated rings. The van der Waals surface area contributed by atoms with Crippen molar-refractivity contribution >= 4 is 16.6 Å². The second-order valence-electron chi connectivity index (χ2n) is 8.04. The Hall–Kier alpha value is -3.10. The Labute approximate surface area is 179 Å². The van der Waals surface area contributed by atoms with Crippen LogP contribution in [-0.4, -0.2) is 50.2 Å². The van der Waals surface area contributed by atoms with E-state index in [1.54, 1.807) is 6.07 Å². The van der Waals surface area contributed by atoms with Gasteiger partial charge in [0.25, 0.3) is 0 Å². The topological polar surface area (TPSA) is 81.6 Å². The van der Waals surface area contributed by atoms with Crippen LogP contribution < -0.4 is 10.5 Å². The van der Waals surface area contributed by atoms with E-state index in [1.165, 1.54) is 11.6 Å². The number of likely N-dealkylation sites (tertiary alicyclic amines) is 1. The van der Waals surface area contributed by atoms with Crippen molar-refractivity contribution in [1.29, 1.82) is 0 Å². The molecule has 0 unspecified atom stereocenters. The van der Waals surface area contributed by atoms with Crippen LogP contribution in [0.5, 0.6) is 5.75 Å². The van der Waals surface area contributed by atoms with Gasteiger partial charge in [-0.05, 0) is 44.0 Å². The van der Waals surface area contributed by atoms with Crippen LogP contribution in [0, 0.1) is 5.82 Å². The fraction of sp³-hybridized carbons (Fsp3) is 0.348. The number of hydrogen-bond donors (Lipinski definition) is 1. The number of fused-ring (bicyclic) bond motifs is 2. The molecule has 1 aliphatic heterocycles. The van der Waals surface area contributed by atoms with E-state index in [4.69, 9.17) is 15.5 Å². The third kappa shape index (κ3) is 3.62. The summed E-state index contributed by atoms with van der Waals surface area (Å²) in [6.07, 6.45) is 3.09. The van der Waals surface area contributed by atoms with Crippen LogP contribution in [0.1, 0.15) is 31.9 Å². The first-order valence-corrected chi connectivity index (χ1v) is 10.6. The molecule has 8 heteroatoms. The van der Waals surface area contributed by atoms with Gasteiger partial charge in [0.15, 0.2) is 23.0 Å². The van der Waals surface area contributed by atoms with Crippen molar-refractivity contribution in [1.82, 2.24) is 24.5 Å². The molecule has 1 aliphatic rings. The third-order valence-electron chi connectivity index (χ3n) is 5.98. The first-order valence-electron chi connectivity index (χ1n) is 10.6. The Bertz CT molecular complexity index is 1260. The van der Waals surface area contributed by atoms with E-state index in [-0.39, 0.29) is 17.8 Å². The van der Waals surface area contributed by atoms with Crippen LogP contribution in [0.15, 0.2) is 42.6 Å². The lowest BCUT2D eigenvalue weighted by Crippen LogP contribution is -2.28. The van der Waals surface area contributed by atoms with Gasteiger partial charge in [-0.2, -0.15) is 0 Å². The zero-order valence-electron chi connectivity index (χ0n) is 17.6. The standard InChI is InChI=1S/C23H25FN6O/c1-3-31-21-11-20-15(10-18(21)24)4-6-19(26-20)23-28-27-22-7-5-16(12-30(22)23)14(2)29-9-8-17(25)13-29/h4-7,10-12,14,17H,3,8-9,13,25H2,1-2H3/t14-,17-/m1/s1. The smallest absolute Gasteiger partial charge is 0.187 e. The number of benzene rings is 1. The van der Waals surface area contributed by atoms with Crippen molar-refractivity contribution in [2.45, 2.75) is 32.4 Å². The second kappa shape index (κ2) is 7.86. The predicted octanol–water partition coefficient (Wildman–Crippen LogP) is 3.58. The SMILES string of the molecule is CCOc1cc2nc(-c3nnc4ccc([C@@H](C)N5CC[C@@H](N)C5)cn34)ccc2cc1F. The van der Waals surface area contributed by atoms with Crippen LogP contribution in [0.25, 0.3) is 28.1 Å². The lowest BCUT2D eigenvalue weighted by atomic mass is 10.1. The molecule has 31 heavy (non-hydrogen) atoms. The average molecular weight is 420 g/mol. The summed E-state index contributed by atoms with van der Waals surface area (Å²) < 4.78 is 21.5. The molecule has 1 aromatic carbocycles. The molecule has 2 N–H and O–H groups in total. The van der Waals surface area contributed by atoms with E-state index in [0.717, 1.165) is 25.2 Å². The molecule has 0 radical (unpaired) electrons. The van der Waals surface area contributed by atoms with E-state index in [1.807, 2.05) is 29.5 Å². The number of aromatic nitrogens is 4. The Kier molecular flexibility index (Phi) is 5.03. The molecule has 0 aliphatic carbocycles. The van der Waals surface area contributed by atoms with E-state index in [0.29, 0.717) is 29.0 Å². The summed E-state index contributed by atoms with van der Waals surface area (Å²) in [7, 11) is 0. The van der Waals surface area contributed by atoms with Crippen LogP contribution in [0.2, 0.25) is 0 Å². The molecule has 5 rings (SSSR count). The number of pyridine rings is 2. The quantitative estimate of drug-likeness (QED) is 0.532. The number of nitrogens with zero attached hydrogens (tertiary/aromatic N) is 5. The minimum atomic E-state index is -0.392. The van der Waals surface area contributed by atoms with E-state index < -0.39 is 5.82 Å². The normalized spacial score (nSPS) is 18.1. The summed E-state index contributed by atoms with van der Waals surface area (Å²) in [4.78, 5) is 7.11. The Balaban J connectivity index is 1.55. The highest BCUT2D eigenvalue weighted by Gasteiger charge is 2.25. The summed E-state index contributed by atoms with van der Waals surface area (Å²) in [6, 6.07) is 11.3. The maximum absolute atomic E-state index is 14.2.